The highest BCUT2D eigenvalue weighted by Gasteiger charge is 2.40. The Balaban J connectivity index is 2.29. The monoisotopic (exact) mass is 292 g/mol. The number of hydrogen-bond acceptors (Lipinski definition) is 7. The number of nitrogens with zero attached hydrogens (tertiary/aromatic N) is 1. The lowest BCUT2D eigenvalue weighted by molar-refractivity contribution is -0.0844. The van der Waals surface area contributed by atoms with E-state index >= 15 is 0 Å². The quantitative estimate of drug-likeness (QED) is 0.393. The Morgan fingerprint density at radius 1 is 0.952 bits per heavy atom. The molecule has 8 heteroatoms. The summed E-state index contributed by atoms with van der Waals surface area (Å²) in [5.41, 5.74) is 0.535. The lowest BCUT2D eigenvalue weighted by Gasteiger charge is -2.25. The molecule has 0 saturated carbocycles. The number of ketones is 2. The number of aliphatic hydroxyl groups is 4. The van der Waals surface area contributed by atoms with Gasteiger partial charge in [-0.2, -0.15) is 0 Å². The minimum absolute atomic E-state index is 0.0120. The molecule has 1 aromatic heterocycles. The third-order valence-corrected chi connectivity index (χ3v) is 3.55. The number of fused-ring (bicyclic) bond motifs is 1. The molecule has 21 heavy (non-hydrogen) atoms. The highest BCUT2D eigenvalue weighted by Crippen LogP contribution is 2.22. The normalized spacial score (nSPS) is 30.1. The van der Waals surface area contributed by atoms with Crippen molar-refractivity contribution in [1.29, 1.82) is 0 Å². The molecule has 0 spiro atoms. The first-order valence-electron chi connectivity index (χ1n) is 6.21. The number of imidazole rings is 1. The van der Waals surface area contributed by atoms with Crippen LogP contribution in [0.1, 0.15) is 21.0 Å². The molecule has 1 aliphatic rings. The molecular weight excluding hydrogens is 280 g/mol. The van der Waals surface area contributed by atoms with Gasteiger partial charge in [0, 0.05) is 5.56 Å². The van der Waals surface area contributed by atoms with Gasteiger partial charge in [-0.1, -0.05) is 6.07 Å². The number of H-pyrrole nitrogens is 1. The summed E-state index contributed by atoms with van der Waals surface area (Å²) in [6.45, 7) is 0. The number of carbonyl (C=O) groups is 2. The van der Waals surface area contributed by atoms with Gasteiger partial charge in [-0.25, -0.2) is 4.98 Å². The van der Waals surface area contributed by atoms with Crippen molar-refractivity contribution in [2.75, 3.05) is 0 Å². The molecule has 3 rings (SSSR count). The molecule has 0 amide bonds. The molecule has 1 aliphatic heterocycles. The van der Waals surface area contributed by atoms with Gasteiger partial charge in [0.15, 0.2) is 11.6 Å². The van der Waals surface area contributed by atoms with E-state index in [4.69, 9.17) is 0 Å². The summed E-state index contributed by atoms with van der Waals surface area (Å²) in [6, 6.07) is 4.48. The molecule has 4 atom stereocenters. The summed E-state index contributed by atoms with van der Waals surface area (Å²) in [7, 11) is 0. The first kappa shape index (κ1) is 13.8. The van der Waals surface area contributed by atoms with Crippen LogP contribution in [-0.2, 0) is 0 Å². The smallest absolute Gasteiger partial charge is 0.229 e. The maximum atomic E-state index is 12.2. The number of aromatic nitrogens is 2. The minimum Gasteiger partial charge on any atom is -0.387 e. The zero-order chi connectivity index (χ0) is 15.3. The molecule has 2 heterocycles. The number of nitrogens with one attached hydrogen (secondary N) is 1. The number of aliphatic hydroxyl groups excluding tert-OH is 4. The fourth-order valence-electron chi connectivity index (χ4n) is 2.33. The van der Waals surface area contributed by atoms with Crippen molar-refractivity contribution in [3.8, 4) is 0 Å². The second kappa shape index (κ2) is 4.71. The summed E-state index contributed by atoms with van der Waals surface area (Å²) in [5, 5.41) is 39.1. The van der Waals surface area contributed by atoms with Crippen LogP contribution < -0.4 is 0 Å². The van der Waals surface area contributed by atoms with E-state index in [1.165, 1.54) is 12.1 Å². The van der Waals surface area contributed by atoms with E-state index in [-0.39, 0.29) is 16.9 Å². The molecular formula is C13H12N2O6. The van der Waals surface area contributed by atoms with Gasteiger partial charge in [0.2, 0.25) is 5.78 Å². The second-order valence-corrected chi connectivity index (χ2v) is 4.89. The number of benzene rings is 1. The molecule has 0 saturated heterocycles. The summed E-state index contributed by atoms with van der Waals surface area (Å²) in [4.78, 5) is 30.8. The van der Waals surface area contributed by atoms with Crippen LogP contribution in [0.25, 0.3) is 11.0 Å². The molecule has 2 aromatic rings. The SMILES string of the molecule is O=C1c2nc3c(cccc3[nH]2)C(=O)C(O)C(O)C(O)C1O. The Hall–Kier alpha value is -2.13. The third kappa shape index (κ3) is 1.96. The molecule has 110 valence electrons. The molecule has 5 N–H and O–H groups in total. The lowest BCUT2D eigenvalue weighted by Crippen LogP contribution is -2.50. The standard InChI is InChI=1S/C13H12N2O6/c16-7-4-2-1-3-5-6(4)15-13(14-5)12(21)11(20)10(19)9(18)8(7)17/h1-3,8-11,17-20H,(H,14,15). The van der Waals surface area contributed by atoms with Gasteiger partial charge >= 0.3 is 0 Å². The molecule has 0 aliphatic carbocycles. The number of carbonyl (C=O) groups excluding carboxylic acids is 2. The second-order valence-electron chi connectivity index (χ2n) is 4.89. The Morgan fingerprint density at radius 3 is 2.24 bits per heavy atom. The topological polar surface area (TPSA) is 144 Å². The van der Waals surface area contributed by atoms with E-state index in [1.54, 1.807) is 6.07 Å². The summed E-state index contributed by atoms with van der Waals surface area (Å²) < 4.78 is 0. The highest BCUT2D eigenvalue weighted by molar-refractivity contribution is 6.10. The largest absolute Gasteiger partial charge is 0.387 e. The zero-order valence-corrected chi connectivity index (χ0v) is 10.6. The van der Waals surface area contributed by atoms with Gasteiger partial charge in [0.05, 0.1) is 11.0 Å². The van der Waals surface area contributed by atoms with Crippen molar-refractivity contribution in [2.24, 2.45) is 0 Å². The third-order valence-electron chi connectivity index (χ3n) is 3.55. The average molecular weight is 292 g/mol. The van der Waals surface area contributed by atoms with Crippen LogP contribution in [0, 0.1) is 0 Å². The van der Waals surface area contributed by atoms with Crippen LogP contribution in [0.4, 0.5) is 0 Å². The number of hydrogen-bond donors (Lipinski definition) is 5. The van der Waals surface area contributed by atoms with E-state index < -0.39 is 36.0 Å². The van der Waals surface area contributed by atoms with Gasteiger partial charge in [-0.15, -0.1) is 0 Å². The van der Waals surface area contributed by atoms with Gasteiger partial charge < -0.3 is 25.4 Å². The van der Waals surface area contributed by atoms with E-state index in [0.717, 1.165) is 0 Å². The summed E-state index contributed by atoms with van der Waals surface area (Å²) in [6.07, 6.45) is -8.00. The molecule has 1 aromatic carbocycles. The first-order valence-corrected chi connectivity index (χ1v) is 6.21. The number of para-hydroxylation sites is 1. The van der Waals surface area contributed by atoms with Crippen molar-refractivity contribution in [2.45, 2.75) is 24.4 Å². The maximum Gasteiger partial charge on any atom is 0.229 e. The molecule has 0 fully saturated rings. The molecule has 4 unspecified atom stereocenters. The van der Waals surface area contributed by atoms with E-state index in [2.05, 4.69) is 9.97 Å². The van der Waals surface area contributed by atoms with Gasteiger partial charge in [0.1, 0.15) is 24.4 Å². The Kier molecular flexibility index (Phi) is 3.10. The maximum absolute atomic E-state index is 12.2. The van der Waals surface area contributed by atoms with Crippen LogP contribution in [-0.4, -0.2) is 66.4 Å². The predicted octanol–water partition coefficient (Wildman–Crippen LogP) is -1.61. The van der Waals surface area contributed by atoms with Crippen LogP contribution in [0.3, 0.4) is 0 Å². The molecule has 8 nitrogen and oxygen atoms in total. The Bertz CT molecular complexity index is 739. The van der Waals surface area contributed by atoms with Crippen molar-refractivity contribution in [1.82, 2.24) is 9.97 Å². The Labute approximate surface area is 117 Å². The summed E-state index contributed by atoms with van der Waals surface area (Å²) in [5.74, 6) is -2.03. The number of aromatic amines is 1. The van der Waals surface area contributed by atoms with Crippen LogP contribution in [0.5, 0.6) is 0 Å². The highest BCUT2D eigenvalue weighted by atomic mass is 16.4. The summed E-state index contributed by atoms with van der Waals surface area (Å²) >= 11 is 0. The molecule has 2 bridgehead atoms. The zero-order valence-electron chi connectivity index (χ0n) is 10.6. The number of rotatable bonds is 0. The fraction of sp³-hybridized carbons (Fsp3) is 0.308. The van der Waals surface area contributed by atoms with Crippen molar-refractivity contribution >= 4 is 22.6 Å². The van der Waals surface area contributed by atoms with Crippen LogP contribution in [0.2, 0.25) is 0 Å². The van der Waals surface area contributed by atoms with E-state index in [9.17, 15) is 30.0 Å². The predicted molar refractivity (Wildman–Crippen MR) is 68.8 cm³/mol. The van der Waals surface area contributed by atoms with Gasteiger partial charge in [-0.3, -0.25) is 9.59 Å². The lowest BCUT2D eigenvalue weighted by atomic mass is 9.94. The van der Waals surface area contributed by atoms with Crippen LogP contribution in [0.15, 0.2) is 18.2 Å². The van der Waals surface area contributed by atoms with Crippen molar-refractivity contribution in [3.05, 3.63) is 29.6 Å². The first-order chi connectivity index (χ1) is 9.91. The van der Waals surface area contributed by atoms with Gasteiger partial charge in [-0.05, 0) is 12.1 Å². The van der Waals surface area contributed by atoms with Crippen molar-refractivity contribution < 1.29 is 30.0 Å². The van der Waals surface area contributed by atoms with E-state index in [1.807, 2.05) is 0 Å². The molecule has 0 radical (unpaired) electrons. The minimum atomic E-state index is -2.01. The fourth-order valence-corrected chi connectivity index (χ4v) is 2.33. The van der Waals surface area contributed by atoms with E-state index in [0.29, 0.717) is 5.52 Å². The van der Waals surface area contributed by atoms with Crippen LogP contribution >= 0.6 is 0 Å². The Morgan fingerprint density at radius 2 is 1.57 bits per heavy atom. The van der Waals surface area contributed by atoms with Crippen molar-refractivity contribution in [3.63, 3.8) is 0 Å². The van der Waals surface area contributed by atoms with Gasteiger partial charge in [0.25, 0.3) is 0 Å². The number of Topliss-reactive ketones (excluding diaryl/α,β-unsaturated/α-hetero) is 2. The average Bonchev–Trinajstić information content (AvgIpc) is 2.93.